The molecule has 0 fully saturated rings. The molecule has 0 aliphatic heterocycles. The quantitative estimate of drug-likeness (QED) is 0.189. The van der Waals surface area contributed by atoms with Gasteiger partial charge < -0.3 is 4.42 Å². The largest absolute Gasteiger partial charge is 0.456 e. The van der Waals surface area contributed by atoms with E-state index in [-0.39, 0.29) is 0 Å². The minimum atomic E-state index is 0.912. The molecule has 0 amide bonds. The molecule has 0 N–H and O–H groups in total. The molecule has 0 saturated heterocycles. The van der Waals surface area contributed by atoms with Crippen molar-refractivity contribution in [2.75, 3.05) is 0 Å². The highest BCUT2D eigenvalue weighted by atomic mass is 16.3. The predicted octanol–water partition coefficient (Wildman–Crippen LogP) is 12.0. The Hall–Kier alpha value is -6.19. The zero-order valence-electron chi connectivity index (χ0n) is 25.7. The smallest absolute Gasteiger partial charge is 0.136 e. The average molecular weight is 601 g/mol. The van der Waals surface area contributed by atoms with Gasteiger partial charge in [0.05, 0.1) is 11.0 Å². The molecule has 47 heavy (non-hydrogen) atoms. The standard InChI is InChI=1S/C44H28N2O/c1-27-45-38-19-9-10-20-39(38)46(27)29-24-22-28(23-25-29)42-32-14-4-6-16-34(32)43(35-17-7-5-15-33(35)42)37-26-41-44(31-13-3-2-12-30(31)37)36-18-8-11-21-40(36)47-41/h2-26H,1H3. The van der Waals surface area contributed by atoms with Gasteiger partial charge in [0.25, 0.3) is 0 Å². The zero-order valence-corrected chi connectivity index (χ0v) is 25.7. The van der Waals surface area contributed by atoms with Crippen LogP contribution in [0.1, 0.15) is 5.82 Å². The van der Waals surface area contributed by atoms with E-state index in [2.05, 4.69) is 151 Å². The third-order valence-corrected chi connectivity index (χ3v) is 9.73. The number of furan rings is 1. The van der Waals surface area contributed by atoms with Gasteiger partial charge in [-0.25, -0.2) is 4.98 Å². The maximum Gasteiger partial charge on any atom is 0.136 e. The molecule has 2 aromatic heterocycles. The summed E-state index contributed by atoms with van der Waals surface area (Å²) < 4.78 is 8.74. The number of aromatic nitrogens is 2. The minimum absolute atomic E-state index is 0.912. The fourth-order valence-electron chi connectivity index (χ4n) is 7.77. The van der Waals surface area contributed by atoms with Gasteiger partial charge >= 0.3 is 0 Å². The Bertz CT molecular complexity index is 2800. The van der Waals surface area contributed by atoms with Gasteiger partial charge in [-0.15, -0.1) is 0 Å². The molecule has 3 heteroatoms. The number of para-hydroxylation sites is 3. The van der Waals surface area contributed by atoms with E-state index in [0.717, 1.165) is 39.1 Å². The molecule has 0 unspecified atom stereocenters. The van der Waals surface area contributed by atoms with E-state index >= 15 is 0 Å². The normalized spacial score (nSPS) is 11.9. The van der Waals surface area contributed by atoms with Crippen molar-refractivity contribution in [3.05, 3.63) is 157 Å². The lowest BCUT2D eigenvalue weighted by Crippen LogP contribution is -1.97. The Morgan fingerprint density at radius 2 is 1.04 bits per heavy atom. The number of benzene rings is 8. The lowest BCUT2D eigenvalue weighted by molar-refractivity contribution is 0.669. The molecule has 220 valence electrons. The first-order chi connectivity index (χ1) is 23.2. The number of aryl methyl sites for hydroxylation is 1. The topological polar surface area (TPSA) is 31.0 Å². The molecule has 3 nitrogen and oxygen atoms in total. The first-order valence-electron chi connectivity index (χ1n) is 16.1. The second-order valence-electron chi connectivity index (χ2n) is 12.3. The van der Waals surface area contributed by atoms with Gasteiger partial charge in [-0.1, -0.05) is 115 Å². The fraction of sp³-hybridized carbons (Fsp3) is 0.0227. The van der Waals surface area contributed by atoms with Crippen LogP contribution in [0.15, 0.2) is 156 Å². The number of rotatable bonds is 3. The van der Waals surface area contributed by atoms with Crippen LogP contribution in [0.5, 0.6) is 0 Å². The van der Waals surface area contributed by atoms with Crippen molar-refractivity contribution in [3.63, 3.8) is 0 Å². The maximum atomic E-state index is 6.51. The van der Waals surface area contributed by atoms with Gasteiger partial charge in [-0.05, 0) is 97.9 Å². The van der Waals surface area contributed by atoms with Crippen molar-refractivity contribution >= 4 is 65.3 Å². The van der Waals surface area contributed by atoms with Gasteiger partial charge in [0.1, 0.15) is 17.0 Å². The van der Waals surface area contributed by atoms with E-state index in [1.54, 1.807) is 0 Å². The monoisotopic (exact) mass is 600 g/mol. The van der Waals surface area contributed by atoms with Crippen molar-refractivity contribution < 1.29 is 4.42 Å². The molecular weight excluding hydrogens is 572 g/mol. The second-order valence-corrected chi connectivity index (χ2v) is 12.3. The molecule has 0 radical (unpaired) electrons. The van der Waals surface area contributed by atoms with Crippen LogP contribution >= 0.6 is 0 Å². The zero-order chi connectivity index (χ0) is 31.1. The predicted molar refractivity (Wildman–Crippen MR) is 196 cm³/mol. The van der Waals surface area contributed by atoms with Crippen molar-refractivity contribution in [1.82, 2.24) is 9.55 Å². The van der Waals surface area contributed by atoms with Crippen molar-refractivity contribution in [2.24, 2.45) is 0 Å². The van der Waals surface area contributed by atoms with E-state index in [1.165, 1.54) is 60.0 Å². The molecule has 0 bridgehead atoms. The van der Waals surface area contributed by atoms with Crippen molar-refractivity contribution in [1.29, 1.82) is 0 Å². The summed E-state index contributed by atoms with van der Waals surface area (Å²) in [6.07, 6.45) is 0. The molecule has 0 spiro atoms. The number of nitrogens with zero attached hydrogens (tertiary/aromatic N) is 2. The Balaban J connectivity index is 1.25. The van der Waals surface area contributed by atoms with Crippen LogP contribution in [0.3, 0.4) is 0 Å². The van der Waals surface area contributed by atoms with Gasteiger partial charge in [-0.3, -0.25) is 4.57 Å². The number of imidazole rings is 1. The Morgan fingerprint density at radius 1 is 0.489 bits per heavy atom. The van der Waals surface area contributed by atoms with Crippen LogP contribution < -0.4 is 0 Å². The minimum Gasteiger partial charge on any atom is -0.456 e. The van der Waals surface area contributed by atoms with Crippen LogP contribution in [0.25, 0.3) is 93.2 Å². The summed E-state index contributed by atoms with van der Waals surface area (Å²) in [7, 11) is 0. The Labute approximate surface area is 270 Å². The highest BCUT2D eigenvalue weighted by molar-refractivity contribution is 6.27. The molecule has 10 rings (SSSR count). The third-order valence-electron chi connectivity index (χ3n) is 9.73. The van der Waals surface area contributed by atoms with E-state index < -0.39 is 0 Å². The molecule has 0 saturated carbocycles. The maximum absolute atomic E-state index is 6.51. The number of hydrogen-bond acceptors (Lipinski definition) is 2. The van der Waals surface area contributed by atoms with Crippen LogP contribution in [0.2, 0.25) is 0 Å². The van der Waals surface area contributed by atoms with Crippen LogP contribution in [0, 0.1) is 6.92 Å². The lowest BCUT2D eigenvalue weighted by atomic mass is 9.84. The van der Waals surface area contributed by atoms with E-state index in [0.29, 0.717) is 0 Å². The summed E-state index contributed by atoms with van der Waals surface area (Å²) in [4.78, 5) is 4.80. The van der Waals surface area contributed by atoms with Gasteiger partial charge in [0, 0.05) is 16.5 Å². The number of fused-ring (bicyclic) bond motifs is 8. The summed E-state index contributed by atoms with van der Waals surface area (Å²) in [6, 6.07) is 54.3. The first-order valence-corrected chi connectivity index (χ1v) is 16.1. The Morgan fingerprint density at radius 3 is 1.74 bits per heavy atom. The molecule has 10 aromatic rings. The summed E-state index contributed by atoms with van der Waals surface area (Å²) in [6.45, 7) is 2.07. The molecule has 8 aromatic carbocycles. The lowest BCUT2D eigenvalue weighted by Gasteiger charge is -2.19. The van der Waals surface area contributed by atoms with Crippen LogP contribution in [0.4, 0.5) is 0 Å². The van der Waals surface area contributed by atoms with Crippen LogP contribution in [-0.4, -0.2) is 9.55 Å². The SMILES string of the molecule is Cc1nc2ccccc2n1-c1ccc(-c2c3ccccc3c(-c3cc4oc5ccccc5c4c4ccccc34)c3ccccc23)cc1. The summed E-state index contributed by atoms with van der Waals surface area (Å²) in [5, 5.41) is 9.66. The Kier molecular flexibility index (Phi) is 5.49. The first kappa shape index (κ1) is 26.1. The van der Waals surface area contributed by atoms with Gasteiger partial charge in [-0.2, -0.15) is 0 Å². The third kappa shape index (κ3) is 3.77. The number of hydrogen-bond donors (Lipinski definition) is 0. The molecule has 0 aliphatic rings. The summed E-state index contributed by atoms with van der Waals surface area (Å²) in [5.41, 5.74) is 9.91. The van der Waals surface area contributed by atoms with Crippen LogP contribution in [-0.2, 0) is 0 Å². The molecule has 0 atom stereocenters. The average Bonchev–Trinajstić information content (AvgIpc) is 3.67. The van der Waals surface area contributed by atoms with Gasteiger partial charge in [0.2, 0.25) is 0 Å². The van der Waals surface area contributed by atoms with E-state index in [9.17, 15) is 0 Å². The highest BCUT2D eigenvalue weighted by Crippen LogP contribution is 2.47. The summed E-state index contributed by atoms with van der Waals surface area (Å²) in [5.74, 6) is 0.979. The summed E-state index contributed by atoms with van der Waals surface area (Å²) >= 11 is 0. The molecular formula is C44H28N2O. The van der Waals surface area contributed by atoms with Crippen molar-refractivity contribution in [2.45, 2.75) is 6.92 Å². The highest BCUT2D eigenvalue weighted by Gasteiger charge is 2.21. The molecule has 2 heterocycles. The van der Waals surface area contributed by atoms with Crippen molar-refractivity contribution in [3.8, 4) is 27.9 Å². The van der Waals surface area contributed by atoms with Gasteiger partial charge in [0.15, 0.2) is 0 Å². The van der Waals surface area contributed by atoms with E-state index in [4.69, 9.17) is 9.40 Å². The van der Waals surface area contributed by atoms with E-state index in [1.807, 2.05) is 12.1 Å². The molecule has 0 aliphatic carbocycles. The fourth-order valence-corrected chi connectivity index (χ4v) is 7.77. The second kappa shape index (κ2) is 9.90.